The summed E-state index contributed by atoms with van der Waals surface area (Å²) in [6.45, 7) is 0.655. The Morgan fingerprint density at radius 2 is 1.65 bits per heavy atom. The van der Waals surface area contributed by atoms with Crippen molar-refractivity contribution in [3.05, 3.63) is 0 Å². The summed E-state index contributed by atoms with van der Waals surface area (Å²) in [5.74, 6) is -2.56. The summed E-state index contributed by atoms with van der Waals surface area (Å²) in [6.07, 6.45) is 0.486. The minimum absolute atomic E-state index is 0.0282. The number of carbonyl (C=O) groups excluding carboxylic acids is 5. The van der Waals surface area contributed by atoms with E-state index in [1.807, 2.05) is 0 Å². The molecule has 0 saturated carbocycles. The lowest BCUT2D eigenvalue weighted by Crippen LogP contribution is -2.51. The van der Waals surface area contributed by atoms with Crippen molar-refractivity contribution in [1.29, 1.82) is 5.41 Å². The van der Waals surface area contributed by atoms with E-state index in [4.69, 9.17) is 5.41 Å². The zero-order valence-corrected chi connectivity index (χ0v) is 13.0. The van der Waals surface area contributed by atoms with E-state index >= 15 is 0 Å². The first-order chi connectivity index (χ1) is 10.8. The lowest BCUT2D eigenvalue weighted by atomic mass is 10.1. The highest BCUT2D eigenvalue weighted by Gasteiger charge is 2.21. The van der Waals surface area contributed by atoms with Crippen LogP contribution in [-0.2, 0) is 24.0 Å². The SMILES string of the molecule is CNC(=O)CNC(=O)[C@H](CCC(=O)C=N)NC(=O)CNC(C)=O. The molecule has 10 heteroatoms. The van der Waals surface area contributed by atoms with E-state index in [1.165, 1.54) is 14.0 Å². The Bertz CT molecular complexity index is 491. The van der Waals surface area contributed by atoms with Gasteiger partial charge in [-0.15, -0.1) is 0 Å². The molecule has 0 bridgehead atoms. The summed E-state index contributed by atoms with van der Waals surface area (Å²) in [5, 5.41) is 16.1. The lowest BCUT2D eigenvalue weighted by molar-refractivity contribution is -0.131. The van der Waals surface area contributed by atoms with Crippen LogP contribution in [0.4, 0.5) is 0 Å². The van der Waals surface area contributed by atoms with E-state index in [0.717, 1.165) is 0 Å². The van der Waals surface area contributed by atoms with Gasteiger partial charge in [-0.2, -0.15) is 0 Å². The Kier molecular flexibility index (Phi) is 9.56. The van der Waals surface area contributed by atoms with Gasteiger partial charge in [0.2, 0.25) is 23.6 Å². The number of amides is 4. The molecule has 1 atom stereocenters. The van der Waals surface area contributed by atoms with Crippen LogP contribution in [0.3, 0.4) is 0 Å². The van der Waals surface area contributed by atoms with Crippen molar-refractivity contribution in [2.24, 2.45) is 0 Å². The van der Waals surface area contributed by atoms with Crippen LogP contribution in [0.15, 0.2) is 0 Å². The monoisotopic (exact) mass is 327 g/mol. The third-order valence-electron chi connectivity index (χ3n) is 2.69. The smallest absolute Gasteiger partial charge is 0.243 e. The second kappa shape index (κ2) is 10.9. The fourth-order valence-corrected chi connectivity index (χ4v) is 1.46. The third kappa shape index (κ3) is 9.72. The average molecular weight is 327 g/mol. The molecule has 0 aliphatic carbocycles. The normalized spacial score (nSPS) is 10.9. The van der Waals surface area contributed by atoms with Crippen molar-refractivity contribution in [3.63, 3.8) is 0 Å². The Morgan fingerprint density at radius 1 is 1.04 bits per heavy atom. The van der Waals surface area contributed by atoms with Gasteiger partial charge in [-0.05, 0) is 6.42 Å². The molecule has 0 fully saturated rings. The third-order valence-corrected chi connectivity index (χ3v) is 2.69. The number of hydrogen-bond donors (Lipinski definition) is 5. The van der Waals surface area contributed by atoms with Gasteiger partial charge in [-0.1, -0.05) is 0 Å². The van der Waals surface area contributed by atoms with Gasteiger partial charge in [0.25, 0.3) is 0 Å². The predicted molar refractivity (Wildman–Crippen MR) is 80.7 cm³/mol. The molecule has 0 spiro atoms. The molecule has 10 nitrogen and oxygen atoms in total. The Hall–Kier alpha value is -2.78. The van der Waals surface area contributed by atoms with Gasteiger partial charge in [-0.25, -0.2) is 0 Å². The molecule has 5 N–H and O–H groups in total. The molecular weight excluding hydrogens is 306 g/mol. The van der Waals surface area contributed by atoms with Gasteiger partial charge >= 0.3 is 0 Å². The molecule has 0 aromatic heterocycles. The maximum absolute atomic E-state index is 12.0. The topological polar surface area (TPSA) is 157 Å². The van der Waals surface area contributed by atoms with Crippen molar-refractivity contribution in [2.75, 3.05) is 20.1 Å². The van der Waals surface area contributed by atoms with Gasteiger partial charge in [-0.3, -0.25) is 24.0 Å². The fourth-order valence-electron chi connectivity index (χ4n) is 1.46. The van der Waals surface area contributed by atoms with Gasteiger partial charge < -0.3 is 26.7 Å². The molecule has 23 heavy (non-hydrogen) atoms. The van der Waals surface area contributed by atoms with Crippen molar-refractivity contribution < 1.29 is 24.0 Å². The maximum atomic E-state index is 12.0. The van der Waals surface area contributed by atoms with Crippen LogP contribution in [-0.4, -0.2) is 61.8 Å². The van der Waals surface area contributed by atoms with Gasteiger partial charge in [0, 0.05) is 20.4 Å². The van der Waals surface area contributed by atoms with Crippen LogP contribution in [0.2, 0.25) is 0 Å². The van der Waals surface area contributed by atoms with E-state index in [2.05, 4.69) is 21.3 Å². The summed E-state index contributed by atoms with van der Waals surface area (Å²) in [5.41, 5.74) is 0. The number of ketones is 1. The standard InChI is InChI=1S/C13H21N5O5/c1-8(19)16-7-12(22)18-10(4-3-9(20)5-14)13(23)17-6-11(21)15-2/h5,10,14H,3-4,6-7H2,1-2H3,(H,15,21)(H,16,19)(H,17,23)(H,18,22)/t10-/m0/s1. The van der Waals surface area contributed by atoms with E-state index in [9.17, 15) is 24.0 Å². The summed E-state index contributed by atoms with van der Waals surface area (Å²) in [7, 11) is 1.41. The highest BCUT2D eigenvalue weighted by Crippen LogP contribution is 1.98. The second-order valence-corrected chi connectivity index (χ2v) is 4.57. The van der Waals surface area contributed by atoms with Crippen LogP contribution in [0.1, 0.15) is 19.8 Å². The van der Waals surface area contributed by atoms with Crippen LogP contribution < -0.4 is 21.3 Å². The molecule has 0 radical (unpaired) electrons. The zero-order chi connectivity index (χ0) is 17.8. The first-order valence-electron chi connectivity index (χ1n) is 6.85. The van der Waals surface area contributed by atoms with Gasteiger partial charge in [0.05, 0.1) is 19.3 Å². The maximum Gasteiger partial charge on any atom is 0.243 e. The van der Waals surface area contributed by atoms with E-state index in [-0.39, 0.29) is 25.9 Å². The number of Topliss-reactive ketones (excluding diaryl/α,β-unsaturated/α-hetero) is 1. The molecule has 0 aromatic rings. The Balaban J connectivity index is 4.65. The number of nitrogens with one attached hydrogen (secondary N) is 5. The molecular formula is C13H21N5O5. The lowest BCUT2D eigenvalue weighted by Gasteiger charge is -2.18. The summed E-state index contributed by atoms with van der Waals surface area (Å²) in [4.78, 5) is 56.6. The van der Waals surface area contributed by atoms with Crippen LogP contribution in [0, 0.1) is 5.41 Å². The van der Waals surface area contributed by atoms with Crippen LogP contribution in [0.25, 0.3) is 0 Å². The average Bonchev–Trinajstić information content (AvgIpc) is 2.53. The predicted octanol–water partition coefficient (Wildman–Crippen LogP) is -2.53. The highest BCUT2D eigenvalue weighted by atomic mass is 16.2. The van der Waals surface area contributed by atoms with E-state index in [0.29, 0.717) is 6.21 Å². The van der Waals surface area contributed by atoms with Gasteiger partial charge in [0.15, 0.2) is 5.78 Å². The number of rotatable bonds is 10. The van der Waals surface area contributed by atoms with E-state index in [1.54, 1.807) is 0 Å². The molecule has 128 valence electrons. The number of carbonyl (C=O) groups is 5. The summed E-state index contributed by atoms with van der Waals surface area (Å²) < 4.78 is 0. The number of hydrogen-bond acceptors (Lipinski definition) is 6. The molecule has 0 aromatic carbocycles. The molecule has 4 amide bonds. The second-order valence-electron chi connectivity index (χ2n) is 4.57. The molecule has 0 saturated heterocycles. The number of likely N-dealkylation sites (N-methyl/N-ethyl adjacent to an activating group) is 1. The first kappa shape index (κ1) is 20.2. The van der Waals surface area contributed by atoms with Crippen molar-refractivity contribution in [1.82, 2.24) is 21.3 Å². The van der Waals surface area contributed by atoms with E-state index < -0.39 is 35.5 Å². The largest absolute Gasteiger partial charge is 0.358 e. The molecule has 0 heterocycles. The molecule has 0 rings (SSSR count). The molecule has 0 aliphatic rings. The summed E-state index contributed by atoms with van der Waals surface area (Å²) >= 11 is 0. The Labute approximate surface area is 133 Å². The van der Waals surface area contributed by atoms with Crippen molar-refractivity contribution in [3.8, 4) is 0 Å². The molecule has 0 unspecified atom stereocenters. The fraction of sp³-hybridized carbons (Fsp3) is 0.538. The Morgan fingerprint density at radius 3 is 2.17 bits per heavy atom. The minimum Gasteiger partial charge on any atom is -0.358 e. The highest BCUT2D eigenvalue weighted by molar-refractivity contribution is 6.26. The molecule has 0 aliphatic heterocycles. The minimum atomic E-state index is -1.05. The van der Waals surface area contributed by atoms with Crippen molar-refractivity contribution in [2.45, 2.75) is 25.8 Å². The van der Waals surface area contributed by atoms with Crippen LogP contribution in [0.5, 0.6) is 0 Å². The summed E-state index contributed by atoms with van der Waals surface area (Å²) in [6, 6.07) is -1.05. The van der Waals surface area contributed by atoms with Gasteiger partial charge in [0.1, 0.15) is 6.04 Å². The first-order valence-corrected chi connectivity index (χ1v) is 6.85. The van der Waals surface area contributed by atoms with Crippen molar-refractivity contribution >= 4 is 35.6 Å². The van der Waals surface area contributed by atoms with Crippen LogP contribution >= 0.6 is 0 Å². The zero-order valence-electron chi connectivity index (χ0n) is 13.0. The quantitative estimate of drug-likeness (QED) is 0.280.